The third-order valence-electron chi connectivity index (χ3n) is 2.58. The van der Waals surface area contributed by atoms with Gasteiger partial charge in [-0.2, -0.15) is 0 Å². The molecule has 3 nitrogen and oxygen atoms in total. The summed E-state index contributed by atoms with van der Waals surface area (Å²) in [6.45, 7) is 0. The summed E-state index contributed by atoms with van der Waals surface area (Å²) in [7, 11) is 1.86. The van der Waals surface area contributed by atoms with Gasteiger partial charge in [0.25, 0.3) is 0 Å². The van der Waals surface area contributed by atoms with E-state index in [1.165, 1.54) is 5.56 Å². The van der Waals surface area contributed by atoms with E-state index >= 15 is 0 Å². The Labute approximate surface area is 77.4 Å². The third-order valence-corrected chi connectivity index (χ3v) is 2.58. The zero-order chi connectivity index (χ0) is 9.26. The molecule has 0 aromatic carbocycles. The number of aromatic nitrogens is 1. The highest BCUT2D eigenvalue weighted by atomic mass is 16.2. The van der Waals surface area contributed by atoms with Gasteiger partial charge < -0.3 is 4.90 Å². The molecular weight excluding hydrogens is 164 g/mol. The van der Waals surface area contributed by atoms with Crippen LogP contribution in [0.4, 0.5) is 0 Å². The standard InChI is InChI=1S/C10H12N2O/c1-12-9(2-3-10(12)13)8-4-6-11-7-5-8/h4-7,9H,2-3H2,1H3. The summed E-state index contributed by atoms with van der Waals surface area (Å²) in [5.74, 6) is 0.238. The van der Waals surface area contributed by atoms with E-state index in [0.29, 0.717) is 6.42 Å². The van der Waals surface area contributed by atoms with Crippen LogP contribution in [-0.4, -0.2) is 22.8 Å². The summed E-state index contributed by atoms with van der Waals surface area (Å²) in [4.78, 5) is 17.0. The van der Waals surface area contributed by atoms with E-state index < -0.39 is 0 Å². The van der Waals surface area contributed by atoms with Crippen LogP contribution >= 0.6 is 0 Å². The number of rotatable bonds is 1. The molecule has 0 N–H and O–H groups in total. The highest BCUT2D eigenvalue weighted by Gasteiger charge is 2.28. The van der Waals surface area contributed by atoms with Crippen molar-refractivity contribution >= 4 is 5.91 Å². The van der Waals surface area contributed by atoms with Crippen LogP contribution in [0.15, 0.2) is 24.5 Å². The van der Waals surface area contributed by atoms with Gasteiger partial charge in [0, 0.05) is 25.9 Å². The maximum absolute atomic E-state index is 11.3. The highest BCUT2D eigenvalue weighted by molar-refractivity contribution is 5.78. The quantitative estimate of drug-likeness (QED) is 0.647. The lowest BCUT2D eigenvalue weighted by Crippen LogP contribution is -2.22. The van der Waals surface area contributed by atoms with Crippen LogP contribution in [0.3, 0.4) is 0 Å². The van der Waals surface area contributed by atoms with Crippen LogP contribution in [0.1, 0.15) is 24.4 Å². The van der Waals surface area contributed by atoms with E-state index in [0.717, 1.165) is 6.42 Å². The molecule has 1 amide bonds. The normalized spacial score (nSPS) is 22.4. The molecule has 68 valence electrons. The number of pyridine rings is 1. The number of nitrogens with zero attached hydrogens (tertiary/aromatic N) is 2. The average Bonchev–Trinajstić information content (AvgIpc) is 2.49. The summed E-state index contributed by atoms with van der Waals surface area (Å²) < 4.78 is 0. The van der Waals surface area contributed by atoms with Gasteiger partial charge in [0.2, 0.25) is 5.91 Å². The second kappa shape index (κ2) is 3.17. The molecule has 1 aliphatic rings. The number of hydrogen-bond donors (Lipinski definition) is 0. The molecule has 2 heterocycles. The second-order valence-electron chi connectivity index (χ2n) is 3.34. The van der Waals surface area contributed by atoms with Crippen molar-refractivity contribution in [2.45, 2.75) is 18.9 Å². The van der Waals surface area contributed by atoms with Crippen LogP contribution in [-0.2, 0) is 4.79 Å². The van der Waals surface area contributed by atoms with Gasteiger partial charge in [-0.3, -0.25) is 9.78 Å². The lowest BCUT2D eigenvalue weighted by molar-refractivity contribution is -0.127. The summed E-state index contributed by atoms with van der Waals surface area (Å²) in [5.41, 5.74) is 1.18. The largest absolute Gasteiger partial charge is 0.339 e. The Morgan fingerprint density at radius 1 is 1.46 bits per heavy atom. The SMILES string of the molecule is CN1C(=O)CCC1c1ccncc1. The van der Waals surface area contributed by atoms with Crippen LogP contribution in [0, 0.1) is 0 Å². The summed E-state index contributed by atoms with van der Waals surface area (Å²) in [6, 6.07) is 4.20. The van der Waals surface area contributed by atoms with E-state index in [4.69, 9.17) is 0 Å². The Hall–Kier alpha value is -1.38. The Kier molecular flexibility index (Phi) is 2.00. The summed E-state index contributed by atoms with van der Waals surface area (Å²) >= 11 is 0. The fourth-order valence-corrected chi connectivity index (χ4v) is 1.78. The van der Waals surface area contributed by atoms with Gasteiger partial charge in [0.05, 0.1) is 6.04 Å². The predicted molar refractivity (Wildman–Crippen MR) is 49.0 cm³/mol. The average molecular weight is 176 g/mol. The number of carbonyl (C=O) groups excluding carboxylic acids is 1. The Morgan fingerprint density at radius 3 is 2.69 bits per heavy atom. The molecule has 0 saturated carbocycles. The van der Waals surface area contributed by atoms with Gasteiger partial charge in [-0.25, -0.2) is 0 Å². The minimum absolute atomic E-state index is 0.238. The molecule has 2 rings (SSSR count). The molecule has 1 fully saturated rings. The topological polar surface area (TPSA) is 33.2 Å². The molecule has 0 aliphatic carbocycles. The van der Waals surface area contributed by atoms with Crippen LogP contribution in [0.25, 0.3) is 0 Å². The molecular formula is C10H12N2O. The fourth-order valence-electron chi connectivity index (χ4n) is 1.78. The minimum atomic E-state index is 0.238. The van der Waals surface area contributed by atoms with Gasteiger partial charge in [0.15, 0.2) is 0 Å². The molecule has 3 heteroatoms. The van der Waals surface area contributed by atoms with Gasteiger partial charge in [-0.05, 0) is 24.1 Å². The van der Waals surface area contributed by atoms with Crippen LogP contribution in [0.2, 0.25) is 0 Å². The smallest absolute Gasteiger partial charge is 0.222 e. The fraction of sp³-hybridized carbons (Fsp3) is 0.400. The van der Waals surface area contributed by atoms with Crippen molar-refractivity contribution in [2.24, 2.45) is 0 Å². The van der Waals surface area contributed by atoms with Gasteiger partial charge in [0.1, 0.15) is 0 Å². The van der Waals surface area contributed by atoms with Crippen molar-refractivity contribution in [3.05, 3.63) is 30.1 Å². The van der Waals surface area contributed by atoms with Crippen molar-refractivity contribution in [1.29, 1.82) is 0 Å². The Morgan fingerprint density at radius 2 is 2.15 bits per heavy atom. The number of amides is 1. The zero-order valence-corrected chi connectivity index (χ0v) is 7.60. The van der Waals surface area contributed by atoms with E-state index in [9.17, 15) is 4.79 Å². The van der Waals surface area contributed by atoms with E-state index in [2.05, 4.69) is 4.98 Å². The first-order valence-corrected chi connectivity index (χ1v) is 4.44. The van der Waals surface area contributed by atoms with Crippen LogP contribution < -0.4 is 0 Å². The monoisotopic (exact) mass is 176 g/mol. The summed E-state index contributed by atoms with van der Waals surface area (Å²) in [6.07, 6.45) is 5.14. The third kappa shape index (κ3) is 1.41. The molecule has 1 aromatic rings. The first-order valence-electron chi connectivity index (χ1n) is 4.44. The van der Waals surface area contributed by atoms with Gasteiger partial charge >= 0.3 is 0 Å². The zero-order valence-electron chi connectivity index (χ0n) is 7.60. The van der Waals surface area contributed by atoms with Gasteiger partial charge in [-0.1, -0.05) is 0 Å². The van der Waals surface area contributed by atoms with Crippen molar-refractivity contribution in [3.8, 4) is 0 Å². The molecule has 1 aromatic heterocycles. The number of carbonyl (C=O) groups is 1. The molecule has 0 spiro atoms. The second-order valence-corrected chi connectivity index (χ2v) is 3.34. The van der Waals surface area contributed by atoms with Crippen LogP contribution in [0.5, 0.6) is 0 Å². The van der Waals surface area contributed by atoms with Crippen molar-refractivity contribution < 1.29 is 4.79 Å². The first kappa shape index (κ1) is 8.23. The molecule has 1 aliphatic heterocycles. The van der Waals surface area contributed by atoms with E-state index in [-0.39, 0.29) is 11.9 Å². The molecule has 1 saturated heterocycles. The lowest BCUT2D eigenvalue weighted by atomic mass is 10.1. The number of likely N-dealkylation sites (tertiary alicyclic amines) is 1. The van der Waals surface area contributed by atoms with Gasteiger partial charge in [-0.15, -0.1) is 0 Å². The van der Waals surface area contributed by atoms with E-state index in [1.54, 1.807) is 12.4 Å². The molecule has 0 bridgehead atoms. The maximum Gasteiger partial charge on any atom is 0.222 e. The Balaban J connectivity index is 2.24. The predicted octanol–water partition coefficient (Wildman–Crippen LogP) is 1.37. The van der Waals surface area contributed by atoms with Crippen molar-refractivity contribution in [3.63, 3.8) is 0 Å². The van der Waals surface area contributed by atoms with E-state index in [1.807, 2.05) is 24.1 Å². The summed E-state index contributed by atoms with van der Waals surface area (Å²) in [5, 5.41) is 0. The molecule has 1 atom stereocenters. The maximum atomic E-state index is 11.3. The first-order chi connectivity index (χ1) is 6.29. The molecule has 13 heavy (non-hydrogen) atoms. The minimum Gasteiger partial charge on any atom is -0.339 e. The molecule has 0 radical (unpaired) electrons. The Bertz CT molecular complexity index is 310. The number of hydrogen-bond acceptors (Lipinski definition) is 2. The molecule has 1 unspecified atom stereocenters. The van der Waals surface area contributed by atoms with Crippen molar-refractivity contribution in [1.82, 2.24) is 9.88 Å². The van der Waals surface area contributed by atoms with Crippen molar-refractivity contribution in [2.75, 3.05) is 7.05 Å². The lowest BCUT2D eigenvalue weighted by Gasteiger charge is -2.19. The highest BCUT2D eigenvalue weighted by Crippen LogP contribution is 2.30.